The zero-order valence-electron chi connectivity index (χ0n) is 10.7. The number of esters is 1. The number of hydrogen-bond donors (Lipinski definition) is 0. The van der Waals surface area contributed by atoms with Crippen molar-refractivity contribution in [2.24, 2.45) is 0 Å². The maximum atomic E-state index is 11.7. The molecule has 0 N–H and O–H groups in total. The lowest BCUT2D eigenvalue weighted by atomic mass is 10.2. The Hall–Kier alpha value is -1.81. The number of ether oxygens (including phenoxy) is 3. The van der Waals surface area contributed by atoms with E-state index in [2.05, 4.69) is 0 Å². The first kappa shape index (κ1) is 14.3. The van der Waals surface area contributed by atoms with Gasteiger partial charge >= 0.3 is 5.97 Å². The molecule has 1 aromatic carbocycles. The molecule has 0 heterocycles. The van der Waals surface area contributed by atoms with Crippen molar-refractivity contribution in [2.75, 3.05) is 26.9 Å². The number of methoxy groups -OCH3 is 1. The van der Waals surface area contributed by atoms with Crippen molar-refractivity contribution in [1.29, 1.82) is 0 Å². The van der Waals surface area contributed by atoms with E-state index in [1.165, 1.54) is 0 Å². The summed E-state index contributed by atoms with van der Waals surface area (Å²) >= 11 is 0. The van der Waals surface area contributed by atoms with Crippen LogP contribution in [0, 0.1) is 0 Å². The summed E-state index contributed by atoms with van der Waals surface area (Å²) in [5.74, 6) is 0.276. The van der Waals surface area contributed by atoms with Gasteiger partial charge in [-0.05, 0) is 25.1 Å². The van der Waals surface area contributed by atoms with Crippen LogP contribution in [0.5, 0.6) is 5.75 Å². The summed E-state index contributed by atoms with van der Waals surface area (Å²) in [6, 6.07) is 6.90. The summed E-state index contributed by atoms with van der Waals surface area (Å²) in [5, 5.41) is 0. The van der Waals surface area contributed by atoms with Gasteiger partial charge in [-0.15, -0.1) is 0 Å². The predicted molar refractivity (Wildman–Crippen MR) is 68.9 cm³/mol. The van der Waals surface area contributed by atoms with Crippen LogP contribution in [0.25, 0.3) is 0 Å². The van der Waals surface area contributed by atoms with Gasteiger partial charge in [-0.25, -0.2) is 4.79 Å². The van der Waals surface area contributed by atoms with Gasteiger partial charge < -0.3 is 14.2 Å². The predicted octanol–water partition coefficient (Wildman–Crippen LogP) is 2.44. The molecule has 0 unspecified atom stereocenters. The van der Waals surface area contributed by atoms with E-state index in [-0.39, 0.29) is 12.6 Å². The molecule has 0 atom stereocenters. The molecule has 0 aliphatic carbocycles. The molecule has 0 bridgehead atoms. The first-order chi connectivity index (χ1) is 8.77. The third-order valence-corrected chi connectivity index (χ3v) is 2.17. The Morgan fingerprint density at radius 3 is 2.89 bits per heavy atom. The minimum Gasteiger partial charge on any atom is -0.491 e. The highest BCUT2D eigenvalue weighted by Gasteiger charge is 2.07. The molecule has 4 nitrogen and oxygen atoms in total. The van der Waals surface area contributed by atoms with E-state index >= 15 is 0 Å². The standard InChI is InChI=1S/C14H18O4/c1-3-4-8-18-14(15)12-6-5-7-13(11-12)17-10-9-16-2/h3-7,11H,8-10H2,1-2H3/b4-3+. The van der Waals surface area contributed by atoms with Gasteiger partial charge in [-0.2, -0.15) is 0 Å². The van der Waals surface area contributed by atoms with Gasteiger partial charge in [-0.3, -0.25) is 0 Å². The lowest BCUT2D eigenvalue weighted by Crippen LogP contribution is -2.07. The van der Waals surface area contributed by atoms with Crippen LogP contribution in [0.15, 0.2) is 36.4 Å². The zero-order chi connectivity index (χ0) is 13.2. The van der Waals surface area contributed by atoms with E-state index in [4.69, 9.17) is 14.2 Å². The van der Waals surface area contributed by atoms with Crippen LogP contribution in [-0.2, 0) is 9.47 Å². The van der Waals surface area contributed by atoms with Gasteiger partial charge in [0.2, 0.25) is 0 Å². The second-order valence-electron chi connectivity index (χ2n) is 3.54. The Kier molecular flexibility index (Phi) is 6.58. The number of carbonyl (C=O) groups is 1. The fraction of sp³-hybridized carbons (Fsp3) is 0.357. The first-order valence-electron chi connectivity index (χ1n) is 5.78. The van der Waals surface area contributed by atoms with Gasteiger partial charge in [0.25, 0.3) is 0 Å². The molecule has 1 rings (SSSR count). The summed E-state index contributed by atoms with van der Waals surface area (Å²) in [5.41, 5.74) is 0.481. The molecule has 0 aliphatic rings. The van der Waals surface area contributed by atoms with Crippen molar-refractivity contribution in [3.8, 4) is 5.75 Å². The topological polar surface area (TPSA) is 44.8 Å². The Bertz CT molecular complexity index is 399. The fourth-order valence-electron chi connectivity index (χ4n) is 1.26. The number of hydrogen-bond acceptors (Lipinski definition) is 4. The second-order valence-corrected chi connectivity index (χ2v) is 3.54. The van der Waals surface area contributed by atoms with E-state index in [0.717, 1.165) is 0 Å². The van der Waals surface area contributed by atoms with E-state index in [0.29, 0.717) is 24.5 Å². The third-order valence-electron chi connectivity index (χ3n) is 2.17. The van der Waals surface area contributed by atoms with Crippen LogP contribution in [0.4, 0.5) is 0 Å². The molecule has 98 valence electrons. The SMILES string of the molecule is C/C=C/COC(=O)c1cccc(OCCOC)c1. The average molecular weight is 250 g/mol. The van der Waals surface area contributed by atoms with Gasteiger partial charge in [0.1, 0.15) is 19.0 Å². The molecule has 1 aromatic rings. The van der Waals surface area contributed by atoms with Crippen molar-refractivity contribution in [3.05, 3.63) is 42.0 Å². The average Bonchev–Trinajstić information content (AvgIpc) is 2.39. The minimum absolute atomic E-state index is 0.282. The van der Waals surface area contributed by atoms with Crippen molar-refractivity contribution >= 4 is 5.97 Å². The zero-order valence-corrected chi connectivity index (χ0v) is 10.7. The highest BCUT2D eigenvalue weighted by molar-refractivity contribution is 5.89. The van der Waals surface area contributed by atoms with Crippen LogP contribution in [0.2, 0.25) is 0 Å². The Balaban J connectivity index is 2.55. The Labute approximate surface area is 107 Å². The van der Waals surface area contributed by atoms with Crippen molar-refractivity contribution in [2.45, 2.75) is 6.92 Å². The summed E-state index contributed by atoms with van der Waals surface area (Å²) in [6.07, 6.45) is 3.61. The number of rotatable bonds is 7. The number of carbonyl (C=O) groups excluding carboxylic acids is 1. The molecule has 0 spiro atoms. The van der Waals surface area contributed by atoms with Crippen molar-refractivity contribution in [1.82, 2.24) is 0 Å². The molecule has 0 aliphatic heterocycles. The van der Waals surface area contributed by atoms with Gasteiger partial charge in [-0.1, -0.05) is 18.2 Å². The third kappa shape index (κ3) is 5.01. The molecule has 0 aromatic heterocycles. The smallest absolute Gasteiger partial charge is 0.338 e. The monoisotopic (exact) mass is 250 g/mol. The molecule has 18 heavy (non-hydrogen) atoms. The minimum atomic E-state index is -0.356. The lowest BCUT2D eigenvalue weighted by molar-refractivity contribution is 0.0549. The summed E-state index contributed by atoms with van der Waals surface area (Å²) in [7, 11) is 1.61. The highest BCUT2D eigenvalue weighted by Crippen LogP contribution is 2.14. The van der Waals surface area contributed by atoms with Crippen LogP contribution >= 0.6 is 0 Å². The van der Waals surface area contributed by atoms with Crippen LogP contribution in [0.3, 0.4) is 0 Å². The summed E-state index contributed by atoms with van der Waals surface area (Å²) in [4.78, 5) is 11.7. The maximum Gasteiger partial charge on any atom is 0.338 e. The summed E-state index contributed by atoms with van der Waals surface area (Å²) in [6.45, 7) is 3.12. The maximum absolute atomic E-state index is 11.7. The van der Waals surface area contributed by atoms with E-state index in [1.54, 1.807) is 37.5 Å². The fourth-order valence-corrected chi connectivity index (χ4v) is 1.26. The highest BCUT2D eigenvalue weighted by atomic mass is 16.5. The molecule has 4 heteroatoms. The molecule has 0 saturated carbocycles. The van der Waals surface area contributed by atoms with Crippen molar-refractivity contribution in [3.63, 3.8) is 0 Å². The number of benzene rings is 1. The molecule has 0 amide bonds. The second kappa shape index (κ2) is 8.31. The Morgan fingerprint density at radius 2 is 2.17 bits per heavy atom. The lowest BCUT2D eigenvalue weighted by Gasteiger charge is -2.07. The van der Waals surface area contributed by atoms with E-state index in [9.17, 15) is 4.79 Å². The largest absolute Gasteiger partial charge is 0.491 e. The normalized spacial score (nSPS) is 10.6. The number of allylic oxidation sites excluding steroid dienone is 1. The van der Waals surface area contributed by atoms with Crippen LogP contribution in [0.1, 0.15) is 17.3 Å². The molecular formula is C14H18O4. The van der Waals surface area contributed by atoms with E-state index < -0.39 is 0 Å². The van der Waals surface area contributed by atoms with Crippen molar-refractivity contribution < 1.29 is 19.0 Å². The molecule has 0 fully saturated rings. The van der Waals surface area contributed by atoms with E-state index in [1.807, 2.05) is 13.0 Å². The van der Waals surface area contributed by atoms with Crippen LogP contribution in [-0.4, -0.2) is 32.9 Å². The first-order valence-corrected chi connectivity index (χ1v) is 5.78. The van der Waals surface area contributed by atoms with Gasteiger partial charge in [0, 0.05) is 7.11 Å². The Morgan fingerprint density at radius 1 is 1.33 bits per heavy atom. The molecular weight excluding hydrogens is 232 g/mol. The van der Waals surface area contributed by atoms with Crippen LogP contribution < -0.4 is 4.74 Å². The molecule has 0 radical (unpaired) electrons. The summed E-state index contributed by atoms with van der Waals surface area (Å²) < 4.78 is 15.3. The van der Waals surface area contributed by atoms with Gasteiger partial charge in [0.05, 0.1) is 12.2 Å². The quantitative estimate of drug-likeness (QED) is 0.423. The van der Waals surface area contributed by atoms with Gasteiger partial charge in [0.15, 0.2) is 0 Å². The molecule has 0 saturated heterocycles.